The van der Waals surface area contributed by atoms with Gasteiger partial charge in [0.2, 0.25) is 5.91 Å². The van der Waals surface area contributed by atoms with Crippen LogP contribution >= 0.6 is 11.8 Å². The number of thioether (sulfide) groups is 1. The van der Waals surface area contributed by atoms with Crippen molar-refractivity contribution in [2.75, 3.05) is 18.1 Å². The number of hydrogen-bond donors (Lipinski definition) is 2. The normalized spacial score (nSPS) is 27.9. The molecule has 2 rings (SSSR count). The van der Waals surface area contributed by atoms with Gasteiger partial charge in [0.05, 0.1) is 0 Å². The summed E-state index contributed by atoms with van der Waals surface area (Å²) >= 11 is 1.89. The van der Waals surface area contributed by atoms with E-state index in [9.17, 15) is 4.79 Å². The van der Waals surface area contributed by atoms with Gasteiger partial charge in [0.1, 0.15) is 0 Å². The van der Waals surface area contributed by atoms with Crippen LogP contribution in [0.25, 0.3) is 0 Å². The molecule has 3 nitrogen and oxygen atoms in total. The maximum Gasteiger partial charge on any atom is 0.224 e. The van der Waals surface area contributed by atoms with Crippen molar-refractivity contribution in [1.29, 1.82) is 0 Å². The molecule has 4 heteroatoms. The van der Waals surface area contributed by atoms with Gasteiger partial charge in [-0.25, -0.2) is 0 Å². The number of nitrogens with two attached hydrogens (primary N) is 1. The molecule has 0 aromatic carbocycles. The molecule has 1 saturated carbocycles. The summed E-state index contributed by atoms with van der Waals surface area (Å²) in [7, 11) is 0. The minimum Gasteiger partial charge on any atom is -0.352 e. The fraction of sp³-hybridized carbons (Fsp3) is 0.923. The highest BCUT2D eigenvalue weighted by atomic mass is 32.2. The molecule has 0 spiro atoms. The Hall–Kier alpha value is -0.220. The highest BCUT2D eigenvalue weighted by Gasteiger charge is 2.28. The average molecular weight is 256 g/mol. The monoisotopic (exact) mass is 256 g/mol. The lowest BCUT2D eigenvalue weighted by atomic mass is 9.83. The van der Waals surface area contributed by atoms with Gasteiger partial charge >= 0.3 is 0 Å². The van der Waals surface area contributed by atoms with Gasteiger partial charge in [0.25, 0.3) is 0 Å². The van der Waals surface area contributed by atoms with Crippen molar-refractivity contribution in [3.63, 3.8) is 0 Å². The molecule has 1 saturated heterocycles. The van der Waals surface area contributed by atoms with Gasteiger partial charge in [-0.05, 0) is 30.9 Å². The maximum absolute atomic E-state index is 12.1. The van der Waals surface area contributed by atoms with Crippen LogP contribution in [0.3, 0.4) is 0 Å². The number of carbonyl (C=O) groups is 1. The predicted octanol–water partition coefficient (Wildman–Crippen LogP) is 1.76. The van der Waals surface area contributed by atoms with E-state index < -0.39 is 0 Å². The number of carbonyl (C=O) groups excluding carboxylic acids is 1. The van der Waals surface area contributed by atoms with Crippen LogP contribution in [0.2, 0.25) is 0 Å². The van der Waals surface area contributed by atoms with E-state index in [1.165, 1.54) is 32.1 Å². The van der Waals surface area contributed by atoms with Crippen molar-refractivity contribution in [2.24, 2.45) is 17.6 Å². The molecule has 1 aliphatic carbocycles. The number of nitrogens with one attached hydrogen (secondary N) is 1. The molecule has 0 radical (unpaired) electrons. The second-order valence-corrected chi connectivity index (χ2v) is 6.46. The quantitative estimate of drug-likeness (QED) is 0.806. The Bertz CT molecular complexity index is 248. The minimum absolute atomic E-state index is 0.216. The van der Waals surface area contributed by atoms with Crippen LogP contribution in [-0.4, -0.2) is 30.0 Å². The molecular formula is C13H24N2OS. The van der Waals surface area contributed by atoms with Crippen molar-refractivity contribution in [2.45, 2.75) is 44.6 Å². The second kappa shape index (κ2) is 6.64. The van der Waals surface area contributed by atoms with E-state index in [4.69, 9.17) is 5.73 Å². The number of amides is 1. The Balaban J connectivity index is 1.82. The fourth-order valence-corrected chi connectivity index (χ4v) is 4.17. The van der Waals surface area contributed by atoms with Crippen LogP contribution in [0.1, 0.15) is 38.5 Å². The summed E-state index contributed by atoms with van der Waals surface area (Å²) in [5.41, 5.74) is 5.83. The van der Waals surface area contributed by atoms with E-state index in [2.05, 4.69) is 5.32 Å². The average Bonchev–Trinajstić information content (AvgIpc) is 2.90. The highest BCUT2D eigenvalue weighted by Crippen LogP contribution is 2.27. The van der Waals surface area contributed by atoms with E-state index in [-0.39, 0.29) is 17.9 Å². The first-order chi connectivity index (χ1) is 8.31. The van der Waals surface area contributed by atoms with E-state index >= 15 is 0 Å². The first kappa shape index (κ1) is 13.2. The Morgan fingerprint density at radius 3 is 2.65 bits per heavy atom. The Morgan fingerprint density at radius 1 is 1.29 bits per heavy atom. The molecule has 1 aliphatic heterocycles. The molecule has 0 aromatic heterocycles. The number of hydrogen-bond acceptors (Lipinski definition) is 3. The summed E-state index contributed by atoms with van der Waals surface area (Å²) in [4.78, 5) is 12.1. The topological polar surface area (TPSA) is 55.1 Å². The predicted molar refractivity (Wildman–Crippen MR) is 73.0 cm³/mol. The van der Waals surface area contributed by atoms with E-state index in [1.807, 2.05) is 11.8 Å². The second-order valence-electron chi connectivity index (χ2n) is 5.31. The van der Waals surface area contributed by atoms with Gasteiger partial charge in [-0.2, -0.15) is 11.8 Å². The highest BCUT2D eigenvalue weighted by molar-refractivity contribution is 7.99. The van der Waals surface area contributed by atoms with Crippen molar-refractivity contribution in [3.05, 3.63) is 0 Å². The first-order valence-electron chi connectivity index (χ1n) is 6.89. The zero-order valence-corrected chi connectivity index (χ0v) is 11.3. The number of rotatable bonds is 4. The molecule has 2 unspecified atom stereocenters. The van der Waals surface area contributed by atoms with Crippen molar-refractivity contribution < 1.29 is 4.79 Å². The molecule has 2 fully saturated rings. The molecule has 0 bridgehead atoms. The summed E-state index contributed by atoms with van der Waals surface area (Å²) in [6, 6.07) is 0.216. The van der Waals surface area contributed by atoms with Gasteiger partial charge in [0, 0.05) is 24.3 Å². The van der Waals surface area contributed by atoms with Gasteiger partial charge in [-0.3, -0.25) is 4.79 Å². The van der Waals surface area contributed by atoms with Gasteiger partial charge in [0.15, 0.2) is 0 Å². The third kappa shape index (κ3) is 3.62. The lowest BCUT2D eigenvalue weighted by Gasteiger charge is -2.30. The van der Waals surface area contributed by atoms with Crippen LogP contribution in [0.4, 0.5) is 0 Å². The van der Waals surface area contributed by atoms with E-state index in [1.54, 1.807) is 0 Å². The van der Waals surface area contributed by atoms with Crippen LogP contribution < -0.4 is 11.1 Å². The van der Waals surface area contributed by atoms with Gasteiger partial charge in [-0.15, -0.1) is 0 Å². The van der Waals surface area contributed by atoms with Crippen molar-refractivity contribution in [1.82, 2.24) is 5.32 Å². The Morgan fingerprint density at radius 2 is 2.06 bits per heavy atom. The Kier molecular flexibility index (Phi) is 5.16. The molecule has 17 heavy (non-hydrogen) atoms. The summed E-state index contributed by atoms with van der Waals surface area (Å²) < 4.78 is 0. The summed E-state index contributed by atoms with van der Waals surface area (Å²) in [5, 5.41) is 3.20. The zero-order chi connectivity index (χ0) is 12.1. The molecule has 2 atom stereocenters. The minimum atomic E-state index is 0.216. The zero-order valence-electron chi connectivity index (χ0n) is 10.5. The molecule has 1 heterocycles. The van der Waals surface area contributed by atoms with Crippen molar-refractivity contribution >= 4 is 17.7 Å². The molecule has 98 valence electrons. The molecule has 3 N–H and O–H groups in total. The molecule has 0 aromatic rings. The van der Waals surface area contributed by atoms with Crippen LogP contribution in [0.15, 0.2) is 0 Å². The molecule has 1 amide bonds. The summed E-state index contributed by atoms with van der Waals surface area (Å²) in [5.74, 6) is 3.23. The van der Waals surface area contributed by atoms with E-state index in [0.29, 0.717) is 12.5 Å². The van der Waals surface area contributed by atoms with Gasteiger partial charge in [-0.1, -0.05) is 19.3 Å². The standard InChI is InChI=1S/C13H24N2OS/c14-8-12(10-4-2-1-3-5-10)15-13(16)11-6-7-17-9-11/h10-12H,1-9,14H2,(H,15,16). The van der Waals surface area contributed by atoms with Crippen LogP contribution in [0, 0.1) is 11.8 Å². The smallest absolute Gasteiger partial charge is 0.224 e. The molecular weight excluding hydrogens is 232 g/mol. The third-order valence-electron chi connectivity index (χ3n) is 4.10. The van der Waals surface area contributed by atoms with Gasteiger partial charge < -0.3 is 11.1 Å². The van der Waals surface area contributed by atoms with Crippen molar-refractivity contribution in [3.8, 4) is 0 Å². The maximum atomic E-state index is 12.1. The summed E-state index contributed by atoms with van der Waals surface area (Å²) in [6.45, 7) is 0.594. The fourth-order valence-electron chi connectivity index (χ4n) is 2.95. The first-order valence-corrected chi connectivity index (χ1v) is 8.05. The lowest BCUT2D eigenvalue weighted by Crippen LogP contribution is -2.48. The third-order valence-corrected chi connectivity index (χ3v) is 5.26. The lowest BCUT2D eigenvalue weighted by molar-refractivity contribution is -0.125. The van der Waals surface area contributed by atoms with Crippen LogP contribution in [-0.2, 0) is 4.79 Å². The Labute approximate surface area is 108 Å². The van der Waals surface area contributed by atoms with E-state index in [0.717, 1.165) is 17.9 Å². The van der Waals surface area contributed by atoms with Crippen LogP contribution in [0.5, 0.6) is 0 Å². The largest absolute Gasteiger partial charge is 0.352 e. The summed E-state index contributed by atoms with van der Waals surface area (Å²) in [6.07, 6.45) is 7.47. The SMILES string of the molecule is NCC(NC(=O)C1CCSC1)C1CCCCC1. The molecule has 2 aliphatic rings.